The van der Waals surface area contributed by atoms with Crippen LogP contribution in [0.4, 0.5) is 14.6 Å². The Morgan fingerprint density at radius 3 is 2.58 bits per heavy atom. The Labute approximate surface area is 331 Å². The predicted octanol–water partition coefficient (Wildman–Crippen LogP) is 5.74. The Hall–Kier alpha value is -4.39. The molecule has 57 heavy (non-hydrogen) atoms. The number of rotatable bonds is 8. The van der Waals surface area contributed by atoms with Gasteiger partial charge in [0.25, 0.3) is 0 Å². The summed E-state index contributed by atoms with van der Waals surface area (Å²) in [7, 11) is 1.37. The molecule has 3 saturated heterocycles. The van der Waals surface area contributed by atoms with Crippen molar-refractivity contribution in [3.63, 3.8) is 0 Å². The smallest absolute Gasteiger partial charge is 0.319 e. The van der Waals surface area contributed by atoms with Crippen molar-refractivity contribution in [1.82, 2.24) is 19.9 Å². The van der Waals surface area contributed by atoms with Crippen LogP contribution in [0.1, 0.15) is 71.3 Å². The molecule has 7 atom stereocenters. The number of benzene rings is 2. The maximum absolute atomic E-state index is 17.5. The number of aliphatic hydroxyl groups is 2. The molecule has 12 nitrogen and oxygen atoms in total. The van der Waals surface area contributed by atoms with E-state index in [2.05, 4.69) is 29.7 Å². The van der Waals surface area contributed by atoms with E-state index in [0.717, 1.165) is 51.5 Å². The standard InChI is InChI=1S/C43H51F2N5O7/c1-6-30-32(44)11-10-26-17-28(52)18-31(34(26)30)37-36(45)38-35(40(46-37)54-5)39(49-19-29(20-51)55-22-42(4,53)21-49)48-41(47-38)56-23-43-12-7-9-33(43)50(14-8-13-43)27-15-24(2)57-25(3)16-27/h1,10-11,17-18,24-25,27,29,33,51-53H,7-9,12-16,19-23H2,2-5H3/t24-,25+,27?,29-,33-,42+,43-/m1/s1. The first kappa shape index (κ1) is 39.4. The zero-order chi connectivity index (χ0) is 40.2. The number of aromatic hydroxyl groups is 1. The Kier molecular flexibility index (Phi) is 10.7. The van der Waals surface area contributed by atoms with Crippen LogP contribution in [0, 0.1) is 29.4 Å². The quantitative estimate of drug-likeness (QED) is 0.188. The molecular formula is C43H51F2N5O7. The Morgan fingerprint density at radius 1 is 1.07 bits per heavy atom. The zero-order valence-corrected chi connectivity index (χ0v) is 32.9. The van der Waals surface area contributed by atoms with Gasteiger partial charge in [-0.25, -0.2) is 13.8 Å². The van der Waals surface area contributed by atoms with Gasteiger partial charge in [-0.15, -0.1) is 6.42 Å². The number of aliphatic hydroxyl groups excluding tert-OH is 1. The lowest BCUT2D eigenvalue weighted by Crippen LogP contribution is -2.57. The molecular weight excluding hydrogens is 736 g/mol. The molecule has 3 aliphatic heterocycles. The number of β-amino-alcohol motifs (C(OH)–C–C–N with tert-alkyl or cyclic N) is 1. The van der Waals surface area contributed by atoms with E-state index in [-0.39, 0.29) is 100 Å². The third kappa shape index (κ3) is 7.33. The molecule has 0 amide bonds. The minimum absolute atomic E-state index is 0.00645. The number of methoxy groups -OCH3 is 1. The molecule has 3 N–H and O–H groups in total. The van der Waals surface area contributed by atoms with Crippen molar-refractivity contribution in [3.05, 3.63) is 41.5 Å². The monoisotopic (exact) mass is 787 g/mol. The maximum Gasteiger partial charge on any atom is 0.319 e. The number of terminal acetylenes is 1. The fourth-order valence-electron chi connectivity index (χ4n) is 10.1. The number of likely N-dealkylation sites (tertiary alicyclic amines) is 1. The number of fused-ring (bicyclic) bond motifs is 3. The first-order chi connectivity index (χ1) is 27.3. The van der Waals surface area contributed by atoms with Gasteiger partial charge in [-0.2, -0.15) is 9.97 Å². The highest BCUT2D eigenvalue weighted by atomic mass is 19.1. The van der Waals surface area contributed by atoms with E-state index in [4.69, 9.17) is 35.3 Å². The lowest BCUT2D eigenvalue weighted by Gasteiger charge is -2.51. The molecule has 1 aliphatic carbocycles. The highest BCUT2D eigenvalue weighted by Crippen LogP contribution is 2.50. The van der Waals surface area contributed by atoms with Crippen LogP contribution in [0.25, 0.3) is 32.9 Å². The molecule has 0 spiro atoms. The summed E-state index contributed by atoms with van der Waals surface area (Å²) in [5.41, 5.74) is -2.11. The lowest BCUT2D eigenvalue weighted by atomic mass is 9.74. The number of piperidine rings is 1. The summed E-state index contributed by atoms with van der Waals surface area (Å²) >= 11 is 0. The van der Waals surface area contributed by atoms with Gasteiger partial charge in [0.15, 0.2) is 5.82 Å². The van der Waals surface area contributed by atoms with Crippen molar-refractivity contribution >= 4 is 27.5 Å². The van der Waals surface area contributed by atoms with Gasteiger partial charge >= 0.3 is 6.01 Å². The summed E-state index contributed by atoms with van der Waals surface area (Å²) in [5, 5.41) is 32.9. The second kappa shape index (κ2) is 15.4. The van der Waals surface area contributed by atoms with Crippen molar-refractivity contribution in [2.75, 3.05) is 51.5 Å². The van der Waals surface area contributed by atoms with Crippen molar-refractivity contribution in [3.8, 4) is 41.2 Å². The number of pyridine rings is 1. The van der Waals surface area contributed by atoms with Gasteiger partial charge in [-0.3, -0.25) is 4.90 Å². The largest absolute Gasteiger partial charge is 0.508 e. The number of aromatic nitrogens is 3. The summed E-state index contributed by atoms with van der Waals surface area (Å²) in [4.78, 5) is 18.6. The van der Waals surface area contributed by atoms with E-state index in [1.165, 1.54) is 31.4 Å². The second-order valence-corrected chi connectivity index (χ2v) is 16.8. The molecule has 5 heterocycles. The molecule has 1 saturated carbocycles. The third-order valence-corrected chi connectivity index (χ3v) is 12.4. The first-order valence-electron chi connectivity index (χ1n) is 19.9. The summed E-state index contributed by atoms with van der Waals surface area (Å²) in [5.74, 6) is 0.671. The van der Waals surface area contributed by atoms with Crippen LogP contribution in [0.15, 0.2) is 24.3 Å². The number of anilines is 1. The number of halogens is 2. The number of phenols is 1. The number of nitrogens with zero attached hydrogens (tertiary/aromatic N) is 5. The van der Waals surface area contributed by atoms with E-state index in [9.17, 15) is 15.3 Å². The van der Waals surface area contributed by atoms with Gasteiger partial charge in [0.05, 0.1) is 57.4 Å². The molecule has 304 valence electrons. The van der Waals surface area contributed by atoms with Gasteiger partial charge in [-0.1, -0.05) is 18.4 Å². The molecule has 1 unspecified atom stereocenters. The van der Waals surface area contributed by atoms with Crippen LogP contribution in [-0.4, -0.2) is 118 Å². The van der Waals surface area contributed by atoms with E-state index < -0.39 is 23.3 Å². The van der Waals surface area contributed by atoms with Gasteiger partial charge in [0.1, 0.15) is 39.6 Å². The Balaban J connectivity index is 1.27. The average molecular weight is 788 g/mol. The zero-order valence-electron chi connectivity index (χ0n) is 32.9. The van der Waals surface area contributed by atoms with E-state index >= 15 is 8.78 Å². The average Bonchev–Trinajstić information content (AvgIpc) is 3.55. The summed E-state index contributed by atoms with van der Waals surface area (Å²) in [6.07, 6.45) is 12.5. The number of hydrogen-bond donors (Lipinski definition) is 3. The summed E-state index contributed by atoms with van der Waals surface area (Å²) in [6, 6.07) is 5.97. The Bertz CT molecular complexity index is 2210. The molecule has 14 heteroatoms. The lowest BCUT2D eigenvalue weighted by molar-refractivity contribution is -0.0967. The van der Waals surface area contributed by atoms with Gasteiger partial charge in [-0.05, 0) is 89.4 Å². The van der Waals surface area contributed by atoms with Crippen molar-refractivity contribution in [2.45, 2.75) is 102 Å². The minimum atomic E-state index is -1.38. The third-order valence-electron chi connectivity index (χ3n) is 12.4. The second-order valence-electron chi connectivity index (χ2n) is 16.8. The highest BCUT2D eigenvalue weighted by molar-refractivity contribution is 6.04. The van der Waals surface area contributed by atoms with Crippen LogP contribution >= 0.6 is 0 Å². The number of phenolic OH excluding ortho intramolecular Hbond substituents is 1. The van der Waals surface area contributed by atoms with Gasteiger partial charge < -0.3 is 39.2 Å². The fourth-order valence-corrected chi connectivity index (χ4v) is 10.1. The number of hydrogen-bond acceptors (Lipinski definition) is 12. The molecule has 4 aromatic rings. The van der Waals surface area contributed by atoms with Crippen molar-refractivity contribution < 1.29 is 43.0 Å². The van der Waals surface area contributed by atoms with Crippen LogP contribution in [0.2, 0.25) is 0 Å². The topological polar surface area (TPSA) is 143 Å². The molecule has 0 bridgehead atoms. The van der Waals surface area contributed by atoms with Crippen LogP contribution in [0.5, 0.6) is 17.6 Å². The molecule has 8 rings (SSSR count). The van der Waals surface area contributed by atoms with Gasteiger partial charge in [0, 0.05) is 35.0 Å². The van der Waals surface area contributed by atoms with Crippen LogP contribution in [0.3, 0.4) is 0 Å². The minimum Gasteiger partial charge on any atom is -0.508 e. The Morgan fingerprint density at radius 2 is 1.84 bits per heavy atom. The molecule has 2 aromatic carbocycles. The van der Waals surface area contributed by atoms with E-state index in [1.807, 2.05) is 0 Å². The highest BCUT2D eigenvalue weighted by Gasteiger charge is 2.51. The fraction of sp³-hybridized carbons (Fsp3) is 0.558. The molecule has 4 fully saturated rings. The summed E-state index contributed by atoms with van der Waals surface area (Å²) < 4.78 is 57.0. The SMILES string of the molecule is C#Cc1c(F)ccc2cc(O)cc(-c3nc(OC)c4c(N5C[C@H](CO)OC[C@@](C)(O)C5)nc(OC[C@]56CCC[C@H]5N(C5C[C@@H](C)O[C@@H](C)C5)CCC6)nc4c3F)c12. The van der Waals surface area contributed by atoms with E-state index in [1.54, 1.807) is 11.8 Å². The van der Waals surface area contributed by atoms with Crippen molar-refractivity contribution in [1.29, 1.82) is 0 Å². The molecule has 2 aromatic heterocycles. The van der Waals surface area contributed by atoms with Gasteiger partial charge in [0.2, 0.25) is 5.88 Å². The van der Waals surface area contributed by atoms with Crippen molar-refractivity contribution in [2.24, 2.45) is 5.41 Å². The normalized spacial score (nSPS) is 29.6. The first-order valence-corrected chi connectivity index (χ1v) is 19.9. The maximum atomic E-state index is 17.5. The molecule has 0 radical (unpaired) electrons. The van der Waals surface area contributed by atoms with Crippen LogP contribution in [-0.2, 0) is 9.47 Å². The van der Waals surface area contributed by atoms with E-state index in [0.29, 0.717) is 24.1 Å². The summed E-state index contributed by atoms with van der Waals surface area (Å²) in [6.45, 7) is 6.94. The predicted molar refractivity (Wildman–Crippen MR) is 211 cm³/mol. The molecule has 4 aliphatic rings. The van der Waals surface area contributed by atoms with Crippen LogP contribution < -0.4 is 14.4 Å². The number of ether oxygens (including phenoxy) is 4.